The Morgan fingerprint density at radius 2 is 2.11 bits per heavy atom. The molecule has 3 aromatic heterocycles. The van der Waals surface area contributed by atoms with Crippen molar-refractivity contribution in [3.8, 4) is 0 Å². The first-order valence-electron chi connectivity index (χ1n) is 12.8. The predicted molar refractivity (Wildman–Crippen MR) is 135 cm³/mol. The Labute approximate surface area is 210 Å². The molecular formula is C26H34N6O4. The minimum atomic E-state index is -0.335. The van der Waals surface area contributed by atoms with Crippen LogP contribution in [-0.2, 0) is 20.8 Å². The highest BCUT2D eigenvalue weighted by Gasteiger charge is 2.30. The number of hydrogen-bond donors (Lipinski definition) is 3. The molecule has 0 spiro atoms. The van der Waals surface area contributed by atoms with Gasteiger partial charge in [0.05, 0.1) is 19.3 Å². The molecule has 1 aliphatic carbocycles. The van der Waals surface area contributed by atoms with Crippen molar-refractivity contribution in [1.29, 1.82) is 0 Å². The summed E-state index contributed by atoms with van der Waals surface area (Å²) in [6, 6.07) is 6.05. The number of nitrogens with zero attached hydrogens (tertiary/aromatic N) is 3. The number of hydrogen-bond acceptors (Lipinski definition) is 8. The fourth-order valence-corrected chi connectivity index (χ4v) is 4.75. The first kappa shape index (κ1) is 24.5. The number of pyridine rings is 2. The van der Waals surface area contributed by atoms with Gasteiger partial charge in [-0.25, -0.2) is 9.78 Å². The molecule has 192 valence electrons. The van der Waals surface area contributed by atoms with Gasteiger partial charge in [-0.1, -0.05) is 6.92 Å². The smallest absolute Gasteiger partial charge is 0.407 e. The Hall–Kier alpha value is -3.24. The zero-order valence-electron chi connectivity index (χ0n) is 20.8. The van der Waals surface area contributed by atoms with E-state index in [0.29, 0.717) is 24.8 Å². The summed E-state index contributed by atoms with van der Waals surface area (Å²) in [4.78, 5) is 21.1. The molecule has 0 bridgehead atoms. The van der Waals surface area contributed by atoms with Gasteiger partial charge in [0.1, 0.15) is 11.6 Å². The zero-order valence-corrected chi connectivity index (χ0v) is 20.8. The van der Waals surface area contributed by atoms with Gasteiger partial charge in [0.2, 0.25) is 0 Å². The number of aromatic nitrogens is 4. The van der Waals surface area contributed by atoms with E-state index >= 15 is 0 Å². The van der Waals surface area contributed by atoms with Gasteiger partial charge in [-0.2, -0.15) is 5.10 Å². The number of ether oxygens (including phenoxy) is 3. The molecule has 10 nitrogen and oxygen atoms in total. The maximum atomic E-state index is 12.1. The molecule has 4 heterocycles. The Kier molecular flexibility index (Phi) is 7.62. The summed E-state index contributed by atoms with van der Waals surface area (Å²) in [5.74, 6) is 1.58. The fraction of sp³-hybridized carbons (Fsp3) is 0.538. The van der Waals surface area contributed by atoms with Crippen LogP contribution in [0.15, 0.2) is 30.6 Å². The summed E-state index contributed by atoms with van der Waals surface area (Å²) < 4.78 is 17.0. The number of H-pyrrole nitrogens is 1. The van der Waals surface area contributed by atoms with Crippen molar-refractivity contribution in [2.75, 3.05) is 18.5 Å². The lowest BCUT2D eigenvalue weighted by molar-refractivity contribution is 0.0323. The molecule has 1 saturated heterocycles. The van der Waals surface area contributed by atoms with Gasteiger partial charge in [-0.3, -0.25) is 10.1 Å². The third-order valence-corrected chi connectivity index (χ3v) is 7.03. The van der Waals surface area contributed by atoms with Crippen LogP contribution in [0.4, 0.5) is 16.4 Å². The number of alkyl carbamates (subject to hydrolysis) is 1. The van der Waals surface area contributed by atoms with Crippen LogP contribution in [-0.4, -0.2) is 57.7 Å². The Morgan fingerprint density at radius 3 is 2.94 bits per heavy atom. The second-order valence-corrected chi connectivity index (χ2v) is 9.65. The Bertz CT molecular complexity index is 1180. The van der Waals surface area contributed by atoms with Gasteiger partial charge >= 0.3 is 6.09 Å². The molecule has 5 rings (SSSR count). The van der Waals surface area contributed by atoms with Gasteiger partial charge in [0, 0.05) is 48.1 Å². The number of rotatable bonds is 9. The molecule has 0 radical (unpaired) electrons. The minimum absolute atomic E-state index is 0.0841. The summed E-state index contributed by atoms with van der Waals surface area (Å²) in [7, 11) is 0. The molecule has 0 aromatic carbocycles. The molecule has 3 aromatic rings. The molecule has 10 heteroatoms. The number of anilines is 2. The number of fused-ring (bicyclic) bond motifs is 1. The average molecular weight is 495 g/mol. The molecule has 1 aliphatic heterocycles. The molecule has 4 atom stereocenters. The van der Waals surface area contributed by atoms with Crippen molar-refractivity contribution in [3.63, 3.8) is 0 Å². The van der Waals surface area contributed by atoms with E-state index in [9.17, 15) is 4.79 Å². The first-order valence-corrected chi connectivity index (χ1v) is 12.8. The number of nitrogens with one attached hydrogen (secondary N) is 3. The molecule has 2 aliphatic rings. The third kappa shape index (κ3) is 5.76. The van der Waals surface area contributed by atoms with Crippen LogP contribution in [0.1, 0.15) is 63.1 Å². The normalized spacial score (nSPS) is 22.6. The van der Waals surface area contributed by atoms with E-state index in [1.54, 1.807) is 12.4 Å². The Balaban J connectivity index is 1.22. The number of carbonyl (C=O) groups excluding carboxylic acids is 1. The van der Waals surface area contributed by atoms with Crippen LogP contribution < -0.4 is 10.6 Å². The number of carbonyl (C=O) groups is 1. The van der Waals surface area contributed by atoms with Gasteiger partial charge in [0.15, 0.2) is 11.6 Å². The molecule has 3 N–H and O–H groups in total. The van der Waals surface area contributed by atoms with Crippen LogP contribution in [0.2, 0.25) is 0 Å². The third-order valence-electron chi connectivity index (χ3n) is 7.03. The summed E-state index contributed by atoms with van der Waals surface area (Å²) in [6.07, 6.45) is 7.63. The van der Waals surface area contributed by atoms with Gasteiger partial charge in [-0.15, -0.1) is 0 Å². The van der Waals surface area contributed by atoms with Crippen LogP contribution in [0.3, 0.4) is 0 Å². The van der Waals surface area contributed by atoms with Crippen molar-refractivity contribution in [3.05, 3.63) is 41.9 Å². The minimum Gasteiger partial charge on any atom is -0.446 e. The zero-order chi connectivity index (χ0) is 24.9. The monoisotopic (exact) mass is 494 g/mol. The second-order valence-electron chi connectivity index (χ2n) is 9.65. The summed E-state index contributed by atoms with van der Waals surface area (Å²) in [6.45, 7) is 5.91. The molecular weight excluding hydrogens is 460 g/mol. The number of amides is 1. The summed E-state index contributed by atoms with van der Waals surface area (Å²) in [5, 5.41) is 14.8. The lowest BCUT2D eigenvalue weighted by atomic mass is 10.0. The maximum Gasteiger partial charge on any atom is 0.407 e. The SMILES string of the molecule is CCC(C)NC(=O)OC1CCC(c2cc(Nc3nccc4c(COC5CCOC5)ccnc34)n[nH]2)C1. The van der Waals surface area contributed by atoms with Crippen LogP contribution >= 0.6 is 0 Å². The van der Waals surface area contributed by atoms with E-state index in [4.69, 9.17) is 14.2 Å². The molecule has 1 amide bonds. The van der Waals surface area contributed by atoms with Crippen LogP contribution in [0.5, 0.6) is 0 Å². The van der Waals surface area contributed by atoms with Crippen molar-refractivity contribution < 1.29 is 19.0 Å². The highest BCUT2D eigenvalue weighted by Crippen LogP contribution is 2.36. The molecule has 36 heavy (non-hydrogen) atoms. The van der Waals surface area contributed by atoms with Gasteiger partial charge in [0.25, 0.3) is 0 Å². The van der Waals surface area contributed by atoms with Crippen molar-refractivity contribution in [2.45, 2.75) is 76.7 Å². The Morgan fingerprint density at radius 1 is 1.22 bits per heavy atom. The van der Waals surface area contributed by atoms with Crippen molar-refractivity contribution >= 4 is 28.6 Å². The van der Waals surface area contributed by atoms with E-state index in [1.807, 2.05) is 32.0 Å². The highest BCUT2D eigenvalue weighted by molar-refractivity contribution is 5.91. The predicted octanol–water partition coefficient (Wildman–Crippen LogP) is 4.56. The topological polar surface area (TPSA) is 123 Å². The van der Waals surface area contributed by atoms with Crippen molar-refractivity contribution in [1.82, 2.24) is 25.5 Å². The maximum absolute atomic E-state index is 12.1. The standard InChI is InChI=1S/C26H34N6O4/c1-3-16(2)29-26(33)36-19-5-4-17(12-19)22-13-23(32-31-22)30-25-24-21(7-10-28-25)18(6-9-27-24)14-35-20-8-11-34-15-20/h6-7,9-10,13,16-17,19-20H,3-5,8,11-12,14-15H2,1-2H3,(H,29,33)(H2,28,30,31,32). The van der Waals surface area contributed by atoms with E-state index in [-0.39, 0.29) is 30.3 Å². The summed E-state index contributed by atoms with van der Waals surface area (Å²) >= 11 is 0. The van der Waals surface area contributed by atoms with Crippen molar-refractivity contribution in [2.24, 2.45) is 0 Å². The number of aromatic amines is 1. The van der Waals surface area contributed by atoms with E-state index in [1.165, 1.54) is 0 Å². The molecule has 2 fully saturated rings. The summed E-state index contributed by atoms with van der Waals surface area (Å²) in [5.41, 5.74) is 2.86. The van der Waals surface area contributed by atoms with E-state index in [0.717, 1.165) is 60.9 Å². The van der Waals surface area contributed by atoms with E-state index < -0.39 is 0 Å². The average Bonchev–Trinajstić information content (AvgIpc) is 3.65. The lowest BCUT2D eigenvalue weighted by Gasteiger charge is -2.16. The lowest BCUT2D eigenvalue weighted by Crippen LogP contribution is -2.34. The van der Waals surface area contributed by atoms with Gasteiger partial charge in [-0.05, 0) is 56.7 Å². The van der Waals surface area contributed by atoms with Crippen LogP contribution in [0, 0.1) is 0 Å². The van der Waals surface area contributed by atoms with Gasteiger partial charge < -0.3 is 24.8 Å². The largest absolute Gasteiger partial charge is 0.446 e. The van der Waals surface area contributed by atoms with E-state index in [2.05, 4.69) is 30.8 Å². The quantitative estimate of drug-likeness (QED) is 0.395. The molecule has 1 saturated carbocycles. The fourth-order valence-electron chi connectivity index (χ4n) is 4.75. The first-order chi connectivity index (χ1) is 17.6. The highest BCUT2D eigenvalue weighted by atomic mass is 16.6. The van der Waals surface area contributed by atoms with Crippen LogP contribution in [0.25, 0.3) is 10.9 Å². The second kappa shape index (κ2) is 11.2. The molecule has 4 unspecified atom stereocenters.